The van der Waals surface area contributed by atoms with Gasteiger partial charge in [0.25, 0.3) is 0 Å². The number of likely N-dealkylation sites (tertiary alicyclic amines) is 1. The van der Waals surface area contributed by atoms with Gasteiger partial charge in [0.1, 0.15) is 0 Å². The lowest BCUT2D eigenvalue weighted by Crippen LogP contribution is -2.38. The number of aryl methyl sites for hydroxylation is 2. The van der Waals surface area contributed by atoms with Crippen molar-refractivity contribution >= 4 is 11.3 Å². The fraction of sp³-hybridized carbons (Fsp3) is 0.786. The van der Waals surface area contributed by atoms with Crippen molar-refractivity contribution in [3.63, 3.8) is 0 Å². The van der Waals surface area contributed by atoms with Crippen molar-refractivity contribution in [1.82, 2.24) is 15.2 Å². The molecule has 18 heavy (non-hydrogen) atoms. The normalized spacial score (nSPS) is 23.2. The van der Waals surface area contributed by atoms with E-state index in [-0.39, 0.29) is 0 Å². The van der Waals surface area contributed by atoms with E-state index in [4.69, 9.17) is 0 Å². The first-order chi connectivity index (χ1) is 8.56. The summed E-state index contributed by atoms with van der Waals surface area (Å²) in [5.41, 5.74) is 1.24. The molecule has 0 saturated carbocycles. The molecule has 1 aliphatic heterocycles. The van der Waals surface area contributed by atoms with Crippen molar-refractivity contribution in [2.24, 2.45) is 5.92 Å². The molecule has 0 bridgehead atoms. The molecule has 2 rings (SSSR count). The predicted octanol–water partition coefficient (Wildman–Crippen LogP) is 2.75. The molecule has 1 aromatic rings. The second-order valence-electron chi connectivity index (χ2n) is 5.57. The van der Waals surface area contributed by atoms with Crippen molar-refractivity contribution in [3.05, 3.63) is 15.6 Å². The Morgan fingerprint density at radius 3 is 2.89 bits per heavy atom. The smallest absolute Gasteiger partial charge is 0.0900 e. The van der Waals surface area contributed by atoms with Crippen LogP contribution in [-0.2, 0) is 0 Å². The summed E-state index contributed by atoms with van der Waals surface area (Å²) in [6.07, 6.45) is 2.70. The van der Waals surface area contributed by atoms with Gasteiger partial charge in [-0.25, -0.2) is 4.98 Å². The highest BCUT2D eigenvalue weighted by atomic mass is 32.1. The molecule has 1 N–H and O–H groups in total. The molecule has 0 radical (unpaired) electrons. The van der Waals surface area contributed by atoms with Gasteiger partial charge in [-0.1, -0.05) is 0 Å². The maximum Gasteiger partial charge on any atom is 0.0900 e. The van der Waals surface area contributed by atoms with Crippen LogP contribution in [0.5, 0.6) is 0 Å². The Bertz CT molecular complexity index is 388. The van der Waals surface area contributed by atoms with Crippen LogP contribution in [0, 0.1) is 19.8 Å². The third-order valence-corrected chi connectivity index (χ3v) is 4.69. The van der Waals surface area contributed by atoms with Crippen LogP contribution in [-0.4, -0.2) is 36.6 Å². The van der Waals surface area contributed by atoms with E-state index in [9.17, 15) is 0 Å². The van der Waals surface area contributed by atoms with Crippen LogP contribution in [0.15, 0.2) is 0 Å². The number of hydrogen-bond acceptors (Lipinski definition) is 4. The Balaban J connectivity index is 1.84. The largest absolute Gasteiger partial charge is 0.308 e. The molecular weight excluding hydrogens is 242 g/mol. The standard InChI is InChI=1S/C14H25N3S/c1-10(14-11(2)18-12(3)16-14)15-8-13-6-5-7-17(4)9-13/h10,13,15H,5-9H2,1-4H3. The summed E-state index contributed by atoms with van der Waals surface area (Å²) in [7, 11) is 2.23. The number of nitrogens with one attached hydrogen (secondary N) is 1. The molecule has 4 heteroatoms. The maximum atomic E-state index is 4.63. The fourth-order valence-electron chi connectivity index (χ4n) is 2.83. The van der Waals surface area contributed by atoms with E-state index >= 15 is 0 Å². The lowest BCUT2D eigenvalue weighted by atomic mass is 9.98. The molecule has 0 spiro atoms. The molecule has 0 aliphatic carbocycles. The zero-order valence-corrected chi connectivity index (χ0v) is 12.8. The molecule has 1 aromatic heterocycles. The number of hydrogen-bond donors (Lipinski definition) is 1. The van der Waals surface area contributed by atoms with Crippen LogP contribution in [0.2, 0.25) is 0 Å². The Labute approximate surface area is 115 Å². The quantitative estimate of drug-likeness (QED) is 0.909. The van der Waals surface area contributed by atoms with Crippen LogP contribution in [0.25, 0.3) is 0 Å². The van der Waals surface area contributed by atoms with Crippen LogP contribution in [0.4, 0.5) is 0 Å². The Hall–Kier alpha value is -0.450. The first-order valence-corrected chi connectivity index (χ1v) is 7.73. The molecule has 3 nitrogen and oxygen atoms in total. The second kappa shape index (κ2) is 6.13. The third kappa shape index (κ3) is 3.53. The molecule has 1 saturated heterocycles. The van der Waals surface area contributed by atoms with Crippen LogP contribution in [0.1, 0.15) is 41.4 Å². The van der Waals surface area contributed by atoms with Gasteiger partial charge in [0.05, 0.1) is 10.7 Å². The summed E-state index contributed by atoms with van der Waals surface area (Å²) in [4.78, 5) is 8.43. The van der Waals surface area contributed by atoms with E-state index in [1.165, 1.54) is 41.5 Å². The van der Waals surface area contributed by atoms with Gasteiger partial charge in [-0.3, -0.25) is 0 Å². The molecule has 2 unspecified atom stereocenters. The third-order valence-electron chi connectivity index (χ3n) is 3.78. The maximum absolute atomic E-state index is 4.63. The molecule has 102 valence electrons. The topological polar surface area (TPSA) is 28.2 Å². The van der Waals surface area contributed by atoms with E-state index in [1.54, 1.807) is 11.3 Å². The Kier molecular flexibility index (Phi) is 4.76. The van der Waals surface area contributed by atoms with Crippen molar-refractivity contribution < 1.29 is 0 Å². The Morgan fingerprint density at radius 2 is 2.28 bits per heavy atom. The first kappa shape index (κ1) is 14.0. The average molecular weight is 267 g/mol. The monoisotopic (exact) mass is 267 g/mol. The van der Waals surface area contributed by atoms with Crippen LogP contribution in [0.3, 0.4) is 0 Å². The number of thiazole rings is 1. The summed E-state index contributed by atoms with van der Waals surface area (Å²) in [5.74, 6) is 0.797. The van der Waals surface area contributed by atoms with E-state index in [1.807, 2.05) is 0 Å². The van der Waals surface area contributed by atoms with Gasteiger partial charge < -0.3 is 10.2 Å². The minimum atomic E-state index is 0.377. The van der Waals surface area contributed by atoms with Crippen LogP contribution >= 0.6 is 11.3 Å². The summed E-state index contributed by atoms with van der Waals surface area (Å²) in [6.45, 7) is 10.1. The molecule has 0 aromatic carbocycles. The summed E-state index contributed by atoms with van der Waals surface area (Å²) < 4.78 is 0. The lowest BCUT2D eigenvalue weighted by molar-refractivity contribution is 0.203. The van der Waals surface area contributed by atoms with Crippen molar-refractivity contribution in [2.45, 2.75) is 39.7 Å². The van der Waals surface area contributed by atoms with Gasteiger partial charge in [-0.05, 0) is 59.7 Å². The minimum absolute atomic E-state index is 0.377. The van der Waals surface area contributed by atoms with Gasteiger partial charge in [-0.15, -0.1) is 11.3 Å². The number of rotatable bonds is 4. The SMILES string of the molecule is Cc1nc(C(C)NCC2CCCN(C)C2)c(C)s1. The van der Waals surface area contributed by atoms with Crippen molar-refractivity contribution in [2.75, 3.05) is 26.7 Å². The zero-order chi connectivity index (χ0) is 13.1. The van der Waals surface area contributed by atoms with E-state index in [0.29, 0.717) is 6.04 Å². The van der Waals surface area contributed by atoms with Gasteiger partial charge in [0.2, 0.25) is 0 Å². The van der Waals surface area contributed by atoms with Gasteiger partial charge in [-0.2, -0.15) is 0 Å². The number of piperidine rings is 1. The van der Waals surface area contributed by atoms with Crippen molar-refractivity contribution in [1.29, 1.82) is 0 Å². The lowest BCUT2D eigenvalue weighted by Gasteiger charge is -2.30. The molecule has 1 aliphatic rings. The summed E-state index contributed by atoms with van der Waals surface area (Å²) >= 11 is 1.80. The highest BCUT2D eigenvalue weighted by molar-refractivity contribution is 7.11. The van der Waals surface area contributed by atoms with Gasteiger partial charge >= 0.3 is 0 Å². The zero-order valence-electron chi connectivity index (χ0n) is 12.0. The summed E-state index contributed by atoms with van der Waals surface area (Å²) in [5, 5.41) is 4.84. The van der Waals surface area contributed by atoms with E-state index in [0.717, 1.165) is 12.5 Å². The molecule has 2 atom stereocenters. The van der Waals surface area contributed by atoms with Crippen LogP contribution < -0.4 is 5.32 Å². The van der Waals surface area contributed by atoms with E-state index in [2.05, 4.69) is 43.0 Å². The fourth-order valence-corrected chi connectivity index (χ4v) is 3.74. The van der Waals surface area contributed by atoms with E-state index < -0.39 is 0 Å². The molecule has 0 amide bonds. The number of aromatic nitrogens is 1. The average Bonchev–Trinajstić information content (AvgIpc) is 2.66. The highest BCUT2D eigenvalue weighted by Gasteiger charge is 2.19. The molecule has 1 fully saturated rings. The molecule has 2 heterocycles. The summed E-state index contributed by atoms with van der Waals surface area (Å²) in [6, 6.07) is 0.377. The Morgan fingerprint density at radius 1 is 1.50 bits per heavy atom. The first-order valence-electron chi connectivity index (χ1n) is 6.92. The van der Waals surface area contributed by atoms with Gasteiger partial charge in [0.15, 0.2) is 0 Å². The number of nitrogens with zero attached hydrogens (tertiary/aromatic N) is 2. The van der Waals surface area contributed by atoms with Crippen molar-refractivity contribution in [3.8, 4) is 0 Å². The predicted molar refractivity (Wildman–Crippen MR) is 78.2 cm³/mol. The highest BCUT2D eigenvalue weighted by Crippen LogP contribution is 2.23. The minimum Gasteiger partial charge on any atom is -0.308 e. The molecular formula is C14H25N3S. The van der Waals surface area contributed by atoms with Gasteiger partial charge in [0, 0.05) is 17.5 Å². The second-order valence-corrected chi connectivity index (χ2v) is 6.98.